The Hall–Kier alpha value is -4.34. The molecule has 0 saturated carbocycles. The number of carbonyl (C=O) groups excluding carboxylic acids is 2. The Labute approximate surface area is 317 Å². The second-order valence-corrected chi connectivity index (χ2v) is 17.7. The van der Waals surface area contributed by atoms with Crippen molar-refractivity contribution in [1.29, 1.82) is 0 Å². The Morgan fingerprint density at radius 3 is 1.07 bits per heavy atom. The Kier molecular flexibility index (Phi) is 7.91. The average Bonchev–Trinajstić information content (AvgIpc) is 3.13. The van der Waals surface area contributed by atoms with Gasteiger partial charge in [-0.05, 0) is 86.1 Å². The molecule has 4 unspecified atom stereocenters. The number of ether oxygens (including phenoxy) is 2. The van der Waals surface area contributed by atoms with Gasteiger partial charge < -0.3 is 9.47 Å². The fourth-order valence-corrected chi connectivity index (χ4v) is 11.6. The molecule has 12 rings (SSSR count). The van der Waals surface area contributed by atoms with Crippen molar-refractivity contribution in [1.82, 2.24) is 10.1 Å². The molecular weight excluding hydrogens is 677 g/mol. The first-order valence-corrected chi connectivity index (χ1v) is 19.5. The van der Waals surface area contributed by atoms with Crippen LogP contribution in [0.4, 0.5) is 0 Å². The Morgan fingerprint density at radius 1 is 0.519 bits per heavy atom. The van der Waals surface area contributed by atoms with Gasteiger partial charge >= 0.3 is 11.9 Å². The maximum absolute atomic E-state index is 15.8. The smallest absolute Gasteiger partial charge is 0.322 e. The van der Waals surface area contributed by atoms with Crippen LogP contribution in [0.15, 0.2) is 97.1 Å². The summed E-state index contributed by atoms with van der Waals surface area (Å²) in [6.07, 6.45) is 0.798. The molecular formula is C46H48N2O6. The van der Waals surface area contributed by atoms with Gasteiger partial charge in [0.15, 0.2) is 0 Å². The average molecular weight is 725 g/mol. The van der Waals surface area contributed by atoms with E-state index >= 15 is 9.59 Å². The van der Waals surface area contributed by atoms with Crippen LogP contribution in [0.25, 0.3) is 0 Å². The fraction of sp³-hybridized carbons (Fsp3) is 0.435. The van der Waals surface area contributed by atoms with Gasteiger partial charge in [0.05, 0.1) is 0 Å². The Balaban J connectivity index is 1.31. The largest absolute Gasteiger partial charge is 0.461 e. The zero-order valence-electron chi connectivity index (χ0n) is 31.9. The van der Waals surface area contributed by atoms with E-state index in [1.165, 1.54) is 0 Å². The predicted octanol–water partition coefficient (Wildman–Crippen LogP) is 7.90. The van der Waals surface area contributed by atoms with Gasteiger partial charge in [-0.3, -0.25) is 9.59 Å². The van der Waals surface area contributed by atoms with Crippen LogP contribution in [0.3, 0.4) is 0 Å². The van der Waals surface area contributed by atoms with Crippen molar-refractivity contribution in [3.63, 3.8) is 0 Å². The molecule has 278 valence electrons. The van der Waals surface area contributed by atoms with Gasteiger partial charge in [-0.1, -0.05) is 97.1 Å². The van der Waals surface area contributed by atoms with Gasteiger partial charge in [0.1, 0.15) is 23.0 Å². The normalized spacial score (nSPS) is 33.0. The third-order valence-electron chi connectivity index (χ3n) is 13.5. The zero-order chi connectivity index (χ0) is 37.9. The van der Waals surface area contributed by atoms with Crippen molar-refractivity contribution in [2.24, 2.45) is 0 Å². The number of esters is 2. The molecule has 4 bridgehead atoms. The van der Waals surface area contributed by atoms with E-state index in [4.69, 9.17) is 9.47 Å². The third-order valence-corrected chi connectivity index (χ3v) is 13.5. The van der Waals surface area contributed by atoms with Crippen molar-refractivity contribution < 1.29 is 29.5 Å². The standard InChI is InChI=1S/C46H48N2O6/c1-27-23-29(25-43(3,4)47(27)51)53-41(49)45-35-19-11-7-15-31(35)40(32-16-8-12-20-36(32)45)46(42(50)54-30-24-28(2)48(52)44(5,6)26-30)37-21-13-9-17-33(37)39(45)34-18-10-14-22-38(34)46/h7-22,27-30,39-40H,23-26H2,1-6H3. The lowest BCUT2D eigenvalue weighted by Crippen LogP contribution is -2.61. The van der Waals surface area contributed by atoms with Crippen molar-refractivity contribution in [3.05, 3.63) is 142 Å². The van der Waals surface area contributed by atoms with Crippen LogP contribution in [-0.2, 0) is 40.3 Å². The number of hydrogen-bond donors (Lipinski definition) is 0. The van der Waals surface area contributed by atoms with E-state index in [1.807, 2.05) is 114 Å². The summed E-state index contributed by atoms with van der Waals surface area (Å²) in [5, 5.41) is 28.5. The number of carbonyl (C=O) groups is 2. The van der Waals surface area contributed by atoms with E-state index in [2.05, 4.69) is 24.3 Å². The summed E-state index contributed by atoms with van der Waals surface area (Å²) in [7, 11) is 0. The van der Waals surface area contributed by atoms with Gasteiger partial charge in [-0.2, -0.15) is 0 Å². The van der Waals surface area contributed by atoms with Crippen LogP contribution in [-0.4, -0.2) is 57.4 Å². The number of hydroxylamine groups is 4. The van der Waals surface area contributed by atoms with Gasteiger partial charge in [0.2, 0.25) is 0 Å². The molecule has 8 aliphatic rings. The monoisotopic (exact) mass is 724 g/mol. The molecule has 2 heterocycles. The first-order valence-electron chi connectivity index (χ1n) is 19.5. The lowest BCUT2D eigenvalue weighted by atomic mass is 9.42. The molecule has 4 aromatic carbocycles. The van der Waals surface area contributed by atoms with Crippen LogP contribution in [0.5, 0.6) is 0 Å². The topological polar surface area (TPSA) is 98.9 Å². The fourth-order valence-electron chi connectivity index (χ4n) is 11.6. The van der Waals surface area contributed by atoms with E-state index in [0.29, 0.717) is 25.7 Å². The molecule has 2 radical (unpaired) electrons. The van der Waals surface area contributed by atoms with E-state index in [9.17, 15) is 10.4 Å². The van der Waals surface area contributed by atoms with Crippen molar-refractivity contribution >= 4 is 11.9 Å². The molecule has 8 nitrogen and oxygen atoms in total. The molecule has 6 aliphatic carbocycles. The van der Waals surface area contributed by atoms with Gasteiger partial charge in [-0.25, -0.2) is 0 Å². The Morgan fingerprint density at radius 2 is 0.796 bits per heavy atom. The molecule has 4 aromatic rings. The molecule has 0 spiro atoms. The summed E-state index contributed by atoms with van der Waals surface area (Å²) in [5.41, 5.74) is 2.86. The summed E-state index contributed by atoms with van der Waals surface area (Å²) in [4.78, 5) is 31.6. The molecule has 0 amide bonds. The van der Waals surface area contributed by atoms with Crippen LogP contribution in [0, 0.1) is 0 Å². The maximum atomic E-state index is 15.8. The summed E-state index contributed by atoms with van der Waals surface area (Å²) in [5.74, 6) is -1.79. The summed E-state index contributed by atoms with van der Waals surface area (Å²) < 4.78 is 13.6. The highest BCUT2D eigenvalue weighted by Crippen LogP contribution is 2.69. The maximum Gasteiger partial charge on any atom is 0.322 e. The second kappa shape index (κ2) is 12.1. The quantitative estimate of drug-likeness (QED) is 0.199. The molecule has 8 heteroatoms. The third kappa shape index (κ3) is 4.63. The molecule has 0 N–H and O–H groups in total. The molecule has 2 fully saturated rings. The number of piperidine rings is 2. The highest BCUT2D eigenvalue weighted by Gasteiger charge is 2.69. The summed E-state index contributed by atoms with van der Waals surface area (Å²) in [6, 6.07) is 31.7. The summed E-state index contributed by atoms with van der Waals surface area (Å²) in [6.45, 7) is 11.5. The lowest BCUT2D eigenvalue weighted by molar-refractivity contribution is -0.269. The first kappa shape index (κ1) is 35.4. The van der Waals surface area contributed by atoms with Gasteiger partial charge in [-0.15, -0.1) is 20.5 Å². The number of rotatable bonds is 4. The number of hydrogen-bond acceptors (Lipinski definition) is 6. The van der Waals surface area contributed by atoms with Crippen LogP contribution < -0.4 is 0 Å². The molecule has 0 aromatic heterocycles. The zero-order valence-corrected chi connectivity index (χ0v) is 31.9. The molecule has 2 aliphatic heterocycles. The first-order chi connectivity index (χ1) is 25.7. The van der Waals surface area contributed by atoms with Crippen LogP contribution in [0.1, 0.15) is 124 Å². The van der Waals surface area contributed by atoms with Gasteiger partial charge in [0, 0.05) is 60.7 Å². The van der Waals surface area contributed by atoms with E-state index in [-0.39, 0.29) is 24.0 Å². The molecule has 54 heavy (non-hydrogen) atoms. The van der Waals surface area contributed by atoms with Gasteiger partial charge in [0.25, 0.3) is 0 Å². The second-order valence-electron chi connectivity index (χ2n) is 17.7. The van der Waals surface area contributed by atoms with Crippen molar-refractivity contribution in [2.75, 3.05) is 0 Å². The van der Waals surface area contributed by atoms with E-state index in [0.717, 1.165) is 54.6 Å². The minimum atomic E-state index is -1.31. The molecule has 4 atom stereocenters. The van der Waals surface area contributed by atoms with E-state index < -0.39 is 46.0 Å². The Bertz CT molecular complexity index is 1930. The minimum Gasteiger partial charge on any atom is -0.461 e. The lowest BCUT2D eigenvalue weighted by Gasteiger charge is -2.58. The van der Waals surface area contributed by atoms with E-state index in [1.54, 1.807) is 0 Å². The van der Waals surface area contributed by atoms with Crippen LogP contribution >= 0.6 is 0 Å². The predicted molar refractivity (Wildman–Crippen MR) is 201 cm³/mol. The minimum absolute atomic E-state index is 0.311. The van der Waals surface area contributed by atoms with Crippen LogP contribution in [0.2, 0.25) is 0 Å². The van der Waals surface area contributed by atoms with Crippen molar-refractivity contribution in [3.8, 4) is 0 Å². The highest BCUT2D eigenvalue weighted by atomic mass is 16.6. The van der Waals surface area contributed by atoms with Crippen molar-refractivity contribution in [2.45, 2.75) is 125 Å². The highest BCUT2D eigenvalue weighted by molar-refractivity contribution is 6.00. The number of nitrogens with zero attached hydrogens (tertiary/aromatic N) is 2. The SMILES string of the molecule is CC1CC(OC(=O)C23c4ccccc4C(c4ccccc42)C2(C(=O)OC4CC(C)N([O])C(C)(C)C4)c4ccccc4C3c3ccccc32)CC(C)(C)N1[O]. The molecule has 2 saturated heterocycles. The summed E-state index contributed by atoms with van der Waals surface area (Å²) >= 11 is 0. The number of benzene rings is 4.